The molecule has 0 spiro atoms. The monoisotopic (exact) mass is 801 g/mol. The quantitative estimate of drug-likeness (QED) is 0.284. The summed E-state index contributed by atoms with van der Waals surface area (Å²) < 4.78 is 118. The van der Waals surface area contributed by atoms with Gasteiger partial charge < -0.3 is 24.0 Å². The van der Waals surface area contributed by atoms with Crippen LogP contribution in [0.2, 0.25) is 0 Å². The number of hydrogen-bond acceptors (Lipinski definition) is 11. The van der Waals surface area contributed by atoms with Crippen molar-refractivity contribution in [3.05, 3.63) is 36.5 Å². The van der Waals surface area contributed by atoms with Crippen LogP contribution in [0.3, 0.4) is 0 Å². The van der Waals surface area contributed by atoms with E-state index in [0.29, 0.717) is 61.8 Å². The van der Waals surface area contributed by atoms with E-state index < -0.39 is 113 Å². The summed E-state index contributed by atoms with van der Waals surface area (Å²) >= 11 is 0. The zero-order chi connectivity index (χ0) is 47.7. The minimum absolute atomic E-state index is 0.0905. The second-order valence-electron chi connectivity index (χ2n) is 16.5. The first-order valence-corrected chi connectivity index (χ1v) is 21.0. The topological polar surface area (TPSA) is 162 Å². The second-order valence-corrected chi connectivity index (χ2v) is 18.4. The van der Waals surface area contributed by atoms with E-state index in [1.165, 1.54) is 4.90 Å². The number of aromatic nitrogens is 1. The largest absolute Gasteiger partial charge is 0.489 e. The number of benzene rings is 1. The normalized spacial score (nSPS) is 33.6. The van der Waals surface area contributed by atoms with Gasteiger partial charge in [0.05, 0.1) is 47.8 Å². The van der Waals surface area contributed by atoms with Gasteiger partial charge in [-0.05, 0) is 95.0 Å². The molecule has 1 N–H and O–H groups in total. The third kappa shape index (κ3) is 8.40. The summed E-state index contributed by atoms with van der Waals surface area (Å²) in [7, 11) is -2.05. The Morgan fingerprint density at radius 3 is 2.64 bits per heavy atom. The molecule has 1 aromatic heterocycles. The minimum Gasteiger partial charge on any atom is -0.489 e. The molecule has 56 heavy (non-hydrogen) atoms. The van der Waals surface area contributed by atoms with E-state index in [2.05, 4.69) is 14.6 Å². The maximum atomic E-state index is 15.2. The van der Waals surface area contributed by atoms with Crippen molar-refractivity contribution in [2.45, 2.75) is 115 Å². The van der Waals surface area contributed by atoms with Gasteiger partial charge in [0, 0.05) is 49.2 Å². The molecule has 0 unspecified atom stereocenters. The van der Waals surface area contributed by atoms with Crippen molar-refractivity contribution in [3.8, 4) is 11.6 Å². The number of carbonyl (C=O) groups excluding carboxylic acids is 4. The number of ether oxygens (including phenoxy) is 3. The number of esters is 1. The van der Waals surface area contributed by atoms with Gasteiger partial charge in [0.15, 0.2) is 11.5 Å². The van der Waals surface area contributed by atoms with Crippen molar-refractivity contribution in [3.63, 3.8) is 0 Å². The number of amides is 2. The molecule has 2 saturated carbocycles. The van der Waals surface area contributed by atoms with Gasteiger partial charge in [-0.1, -0.05) is 26.0 Å². The third-order valence-corrected chi connectivity index (χ3v) is 13.8. The molecule has 2 aliphatic carbocycles. The van der Waals surface area contributed by atoms with Crippen LogP contribution in [-0.2, 0) is 33.9 Å². The number of nitrogens with one attached hydrogen (secondary N) is 1. The number of allylic oxidation sites excluding steroid dienone is 2. The van der Waals surface area contributed by atoms with E-state index >= 15 is 4.79 Å². The highest BCUT2D eigenvalue weighted by Gasteiger charge is 2.61. The fraction of sp³-hybridized carbons (Fsp3) is 0.643. The maximum absolute atomic E-state index is 15.2. The van der Waals surface area contributed by atoms with Crippen LogP contribution in [-0.4, -0.2) is 91.6 Å². The van der Waals surface area contributed by atoms with Crippen LogP contribution in [0.5, 0.6) is 11.6 Å². The summed E-state index contributed by atoms with van der Waals surface area (Å²) in [4.78, 5) is 65.7. The Kier molecular flexibility index (Phi) is 8.17. The lowest BCUT2D eigenvalue weighted by atomic mass is 9.82. The molecule has 0 bridgehead atoms. The fourth-order valence-electron chi connectivity index (χ4n) is 8.68. The van der Waals surface area contributed by atoms with Crippen LogP contribution in [0.25, 0.3) is 10.8 Å². The number of sulfonamides is 1. The number of fused-ring (bicyclic) bond motifs is 5. The molecule has 7 atom stereocenters. The summed E-state index contributed by atoms with van der Waals surface area (Å²) in [5.74, 6) is -5.50. The molecule has 0 radical (unpaired) electrons. The van der Waals surface area contributed by atoms with Gasteiger partial charge >= 0.3 is 5.97 Å². The number of ketones is 1. The number of carbonyl (C=O) groups is 4. The van der Waals surface area contributed by atoms with Gasteiger partial charge in [0.25, 0.3) is 0 Å². The molecule has 1 saturated heterocycles. The number of anilines is 1. The maximum Gasteiger partial charge on any atom is 0.307 e. The number of rotatable bonds is 7. The van der Waals surface area contributed by atoms with Crippen LogP contribution in [0.15, 0.2) is 36.5 Å². The van der Waals surface area contributed by atoms with Gasteiger partial charge in [-0.25, -0.2) is 13.4 Å². The van der Waals surface area contributed by atoms with Crippen LogP contribution in [0.4, 0.5) is 5.69 Å². The molecule has 7 rings (SSSR count). The smallest absolute Gasteiger partial charge is 0.307 e. The van der Waals surface area contributed by atoms with E-state index in [4.69, 9.17) is 26.5 Å². The van der Waals surface area contributed by atoms with Crippen molar-refractivity contribution in [2.75, 3.05) is 31.6 Å². The highest BCUT2D eigenvalue weighted by Crippen LogP contribution is 2.57. The third-order valence-electron chi connectivity index (χ3n) is 12.0. The predicted octanol–water partition coefficient (Wildman–Crippen LogP) is 5.35. The van der Waals surface area contributed by atoms with E-state index in [-0.39, 0.29) is 31.2 Å². The Morgan fingerprint density at radius 2 is 1.89 bits per heavy atom. The summed E-state index contributed by atoms with van der Waals surface area (Å²) in [5, 5.41) is 0.601. The lowest BCUT2D eigenvalue weighted by Gasteiger charge is -2.32. The van der Waals surface area contributed by atoms with Crippen LogP contribution >= 0.6 is 0 Å². The standard InChI is InChI=1S/C42H56N4O9S/c1-25-9-7-8-10-27-22-42(27,40(50)44-56(51,52)29-11-12-29)23-35(47)34-20-28(24-46(34)39(49)32(26(2)19-25)21-36(48)55-41(3,4)5)54-38-31-13-14-33-37(30(31)15-16-43-38)53-18-17-45(33)6/h8,10,13-16,25-29,32,34H,7,9,11-12,17-24H2,1-6H3,(H,44,50)/b10-8-/t25-,26+,27+,28+,32-,34-,42+/m0/s1/i3D3,4D3,5D3. The molecule has 304 valence electrons. The van der Waals surface area contributed by atoms with Crippen LogP contribution in [0.1, 0.15) is 105 Å². The lowest BCUT2D eigenvalue weighted by molar-refractivity contribution is -0.160. The molecule has 3 fully saturated rings. The van der Waals surface area contributed by atoms with Gasteiger partial charge in [-0.15, -0.1) is 0 Å². The Labute approximate surface area is 342 Å². The lowest BCUT2D eigenvalue weighted by Crippen LogP contribution is -2.47. The Bertz CT molecular complexity index is 2320. The highest BCUT2D eigenvalue weighted by atomic mass is 32.2. The summed E-state index contributed by atoms with van der Waals surface area (Å²) in [6.07, 6.45) is 5.31. The van der Waals surface area contributed by atoms with E-state index in [1.54, 1.807) is 19.2 Å². The zero-order valence-electron chi connectivity index (χ0n) is 40.9. The Balaban J connectivity index is 1.26. The minimum atomic E-state index is -3.99. The zero-order valence-corrected chi connectivity index (χ0v) is 32.7. The van der Waals surface area contributed by atoms with Gasteiger partial charge in [-0.2, -0.15) is 0 Å². The molecule has 4 heterocycles. The van der Waals surface area contributed by atoms with Gasteiger partial charge in [-0.3, -0.25) is 23.9 Å². The summed E-state index contributed by atoms with van der Waals surface area (Å²) in [5.41, 5.74) is -4.51. The number of nitrogens with zero attached hydrogens (tertiary/aromatic N) is 3. The molecule has 1 aromatic carbocycles. The first-order chi connectivity index (χ1) is 30.2. The van der Waals surface area contributed by atoms with Crippen molar-refractivity contribution >= 4 is 50.1 Å². The Morgan fingerprint density at radius 1 is 1.11 bits per heavy atom. The second kappa shape index (κ2) is 15.3. The van der Waals surface area contributed by atoms with Gasteiger partial charge in [0.2, 0.25) is 27.7 Å². The molecule has 14 heteroatoms. The number of Topliss-reactive ketones (excluding diaryl/α,β-unsaturated/α-hetero) is 1. The molecule has 13 nitrogen and oxygen atoms in total. The molecular weight excluding hydrogens is 737 g/mol. The number of pyridine rings is 1. The van der Waals surface area contributed by atoms with Crippen molar-refractivity contribution in [1.82, 2.24) is 14.6 Å². The van der Waals surface area contributed by atoms with Crippen LogP contribution in [0, 0.1) is 29.1 Å². The van der Waals surface area contributed by atoms with Crippen molar-refractivity contribution in [2.24, 2.45) is 29.1 Å². The SMILES string of the molecule is [2H]C([2H])([2H])C(OC(=O)C[C@@H]1C(=O)N2C[C@H](Oc3nccc4c5c(ccc34)N(C)CCO5)C[C@H]2C(=O)C[C@]2(C(=O)NS(=O)(=O)C3CC3)C[C@H]2/C=C\CC[C@H](C)C[C@H]1C)(C([2H])([2H])[2H])C([2H])([2H])[2H]. The average Bonchev–Trinajstić information content (AvgIpc) is 4.13. The summed E-state index contributed by atoms with van der Waals surface area (Å²) in [6.45, 7) is -7.06. The van der Waals surface area contributed by atoms with Gasteiger partial charge in [0.1, 0.15) is 18.3 Å². The molecule has 3 aliphatic heterocycles. The summed E-state index contributed by atoms with van der Waals surface area (Å²) in [6, 6.07) is 4.21. The van der Waals surface area contributed by atoms with Crippen LogP contribution < -0.4 is 19.1 Å². The fourth-order valence-corrected chi connectivity index (χ4v) is 10.1. The van der Waals surface area contributed by atoms with E-state index in [1.807, 2.05) is 38.3 Å². The first kappa shape index (κ1) is 30.0. The number of likely N-dealkylation sites (N-methyl/N-ethyl adjacent to an activating group) is 1. The Hall–Kier alpha value is -4.20. The van der Waals surface area contributed by atoms with E-state index in [0.717, 1.165) is 5.69 Å². The average molecular weight is 802 g/mol. The first-order valence-electron chi connectivity index (χ1n) is 23.9. The van der Waals surface area contributed by atoms with Crippen molar-refractivity contribution in [1.29, 1.82) is 0 Å². The molecule has 2 amide bonds. The molecule has 2 aromatic rings. The predicted molar refractivity (Wildman–Crippen MR) is 211 cm³/mol. The molecular formula is C42H56N4O9S. The highest BCUT2D eigenvalue weighted by molar-refractivity contribution is 7.90. The van der Waals surface area contributed by atoms with Crippen molar-refractivity contribution < 1.29 is 54.1 Å². The van der Waals surface area contributed by atoms with E-state index in [9.17, 15) is 22.8 Å². The number of hydrogen-bond donors (Lipinski definition) is 1. The molecule has 5 aliphatic rings.